The lowest BCUT2D eigenvalue weighted by atomic mass is 9.69. The lowest BCUT2D eigenvalue weighted by molar-refractivity contribution is -0.121. The van der Waals surface area contributed by atoms with Gasteiger partial charge in [-0.15, -0.1) is 12.4 Å². The van der Waals surface area contributed by atoms with Crippen LogP contribution in [0.2, 0.25) is 0 Å². The Morgan fingerprint density at radius 2 is 2.00 bits per heavy atom. The molecule has 1 fully saturated rings. The Morgan fingerprint density at radius 1 is 1.26 bits per heavy atom. The van der Waals surface area contributed by atoms with Crippen molar-refractivity contribution < 1.29 is 9.18 Å². The van der Waals surface area contributed by atoms with Crippen molar-refractivity contribution >= 4 is 18.3 Å². The smallest absolute Gasteiger partial charge is 0.220 e. The number of hydrogen-bond donors (Lipinski definition) is 2. The average Bonchev–Trinajstić information content (AvgIpc) is 2.54. The van der Waals surface area contributed by atoms with Crippen LogP contribution in [0.3, 0.4) is 0 Å². The largest absolute Gasteiger partial charge is 0.355 e. The molecule has 1 aliphatic rings. The first-order valence-electron chi connectivity index (χ1n) is 8.34. The summed E-state index contributed by atoms with van der Waals surface area (Å²) in [7, 11) is 1.89. The molecule has 0 atom stereocenters. The van der Waals surface area contributed by atoms with Crippen molar-refractivity contribution in [3.8, 4) is 0 Å². The Bertz CT molecular complexity index is 490. The Hall–Kier alpha value is -1.13. The first-order chi connectivity index (χ1) is 10.7. The number of nitrogens with one attached hydrogen (secondary N) is 2. The third kappa shape index (κ3) is 5.78. The number of hydrogen-bond acceptors (Lipinski definition) is 2. The fourth-order valence-corrected chi connectivity index (χ4v) is 3.40. The zero-order valence-corrected chi connectivity index (χ0v) is 14.7. The van der Waals surface area contributed by atoms with E-state index in [9.17, 15) is 9.18 Å². The van der Waals surface area contributed by atoms with Gasteiger partial charge in [-0.05, 0) is 50.6 Å². The van der Waals surface area contributed by atoms with Crippen LogP contribution in [0.4, 0.5) is 4.39 Å². The van der Waals surface area contributed by atoms with Gasteiger partial charge >= 0.3 is 0 Å². The molecule has 1 aliphatic carbocycles. The van der Waals surface area contributed by atoms with E-state index < -0.39 is 0 Å². The van der Waals surface area contributed by atoms with Crippen molar-refractivity contribution in [2.24, 2.45) is 0 Å². The summed E-state index contributed by atoms with van der Waals surface area (Å²) < 4.78 is 13.6. The molecule has 0 spiro atoms. The fraction of sp³-hybridized carbons (Fsp3) is 0.611. The third-order valence-electron chi connectivity index (χ3n) is 4.70. The van der Waals surface area contributed by atoms with Crippen LogP contribution in [0, 0.1) is 5.82 Å². The van der Waals surface area contributed by atoms with Gasteiger partial charge in [0.05, 0.1) is 0 Å². The van der Waals surface area contributed by atoms with Crippen LogP contribution in [-0.2, 0) is 10.2 Å². The van der Waals surface area contributed by atoms with Gasteiger partial charge in [-0.2, -0.15) is 0 Å². The van der Waals surface area contributed by atoms with Crippen molar-refractivity contribution in [1.29, 1.82) is 0 Å². The summed E-state index contributed by atoms with van der Waals surface area (Å²) in [4.78, 5) is 12.0. The lowest BCUT2D eigenvalue weighted by Crippen LogP contribution is -2.42. The van der Waals surface area contributed by atoms with Crippen LogP contribution in [-0.4, -0.2) is 26.0 Å². The van der Waals surface area contributed by atoms with Crippen molar-refractivity contribution in [3.05, 3.63) is 35.6 Å². The quantitative estimate of drug-likeness (QED) is 0.744. The SMILES string of the molecule is CNCCCC(=O)NCC1(c2cccc(F)c2)CCCCC1.Cl. The van der Waals surface area contributed by atoms with Crippen LogP contribution < -0.4 is 10.6 Å². The highest BCUT2D eigenvalue weighted by Crippen LogP contribution is 2.39. The monoisotopic (exact) mass is 342 g/mol. The summed E-state index contributed by atoms with van der Waals surface area (Å²) >= 11 is 0. The van der Waals surface area contributed by atoms with Crippen molar-refractivity contribution in [2.45, 2.75) is 50.4 Å². The molecule has 0 aliphatic heterocycles. The molecule has 0 saturated heterocycles. The van der Waals surface area contributed by atoms with E-state index in [-0.39, 0.29) is 29.5 Å². The maximum atomic E-state index is 13.6. The molecule has 1 amide bonds. The number of benzene rings is 1. The Morgan fingerprint density at radius 3 is 2.65 bits per heavy atom. The Balaban J connectivity index is 0.00000264. The van der Waals surface area contributed by atoms with Gasteiger partial charge in [0, 0.05) is 18.4 Å². The predicted octanol–water partition coefficient (Wildman–Crippen LogP) is 3.57. The molecule has 0 unspecified atom stereocenters. The van der Waals surface area contributed by atoms with Gasteiger partial charge in [-0.1, -0.05) is 31.4 Å². The summed E-state index contributed by atoms with van der Waals surface area (Å²) in [6.07, 6.45) is 6.95. The normalized spacial score (nSPS) is 16.4. The van der Waals surface area contributed by atoms with Crippen LogP contribution in [0.5, 0.6) is 0 Å². The molecule has 0 heterocycles. The molecule has 5 heteroatoms. The maximum absolute atomic E-state index is 13.6. The van der Waals surface area contributed by atoms with E-state index in [1.54, 1.807) is 12.1 Å². The minimum atomic E-state index is -0.192. The molecule has 0 bridgehead atoms. The second-order valence-electron chi connectivity index (χ2n) is 6.34. The predicted molar refractivity (Wildman–Crippen MR) is 94.6 cm³/mol. The van der Waals surface area contributed by atoms with E-state index >= 15 is 0 Å². The van der Waals surface area contributed by atoms with Crippen LogP contribution in [0.25, 0.3) is 0 Å². The molecule has 23 heavy (non-hydrogen) atoms. The van der Waals surface area contributed by atoms with Crippen LogP contribution >= 0.6 is 12.4 Å². The zero-order chi connectivity index (χ0) is 15.8. The van der Waals surface area contributed by atoms with Gasteiger partial charge in [0.15, 0.2) is 0 Å². The first-order valence-corrected chi connectivity index (χ1v) is 8.34. The zero-order valence-electron chi connectivity index (χ0n) is 13.9. The minimum Gasteiger partial charge on any atom is -0.355 e. The van der Waals surface area contributed by atoms with E-state index in [1.165, 1.54) is 12.5 Å². The summed E-state index contributed by atoms with van der Waals surface area (Å²) in [6, 6.07) is 6.89. The average molecular weight is 343 g/mol. The number of carbonyl (C=O) groups excluding carboxylic acids is 1. The highest BCUT2D eigenvalue weighted by atomic mass is 35.5. The van der Waals surface area contributed by atoms with E-state index in [2.05, 4.69) is 10.6 Å². The molecule has 0 radical (unpaired) electrons. The van der Waals surface area contributed by atoms with Crippen LogP contribution in [0.1, 0.15) is 50.5 Å². The number of rotatable bonds is 7. The molecule has 1 aromatic carbocycles. The molecule has 130 valence electrons. The highest BCUT2D eigenvalue weighted by molar-refractivity contribution is 5.85. The molecule has 2 N–H and O–H groups in total. The van der Waals surface area contributed by atoms with E-state index in [0.717, 1.165) is 44.2 Å². The molecule has 2 rings (SSSR count). The van der Waals surface area contributed by atoms with Gasteiger partial charge in [0.2, 0.25) is 5.91 Å². The van der Waals surface area contributed by atoms with Gasteiger partial charge in [-0.25, -0.2) is 4.39 Å². The van der Waals surface area contributed by atoms with Gasteiger partial charge < -0.3 is 10.6 Å². The molecule has 1 aromatic rings. The molecular formula is C18H28ClFN2O. The minimum absolute atomic E-state index is 0. The molecule has 3 nitrogen and oxygen atoms in total. The molecular weight excluding hydrogens is 315 g/mol. The first kappa shape index (κ1) is 19.9. The van der Waals surface area contributed by atoms with Gasteiger partial charge in [0.25, 0.3) is 0 Å². The Kier molecular flexibility index (Phi) is 8.56. The van der Waals surface area contributed by atoms with Crippen LogP contribution in [0.15, 0.2) is 24.3 Å². The maximum Gasteiger partial charge on any atom is 0.220 e. The topological polar surface area (TPSA) is 41.1 Å². The fourth-order valence-electron chi connectivity index (χ4n) is 3.40. The number of amides is 1. The summed E-state index contributed by atoms with van der Waals surface area (Å²) in [5, 5.41) is 6.13. The summed E-state index contributed by atoms with van der Waals surface area (Å²) in [5.74, 6) is -0.0978. The van der Waals surface area contributed by atoms with Crippen molar-refractivity contribution in [1.82, 2.24) is 10.6 Å². The van der Waals surface area contributed by atoms with Crippen molar-refractivity contribution in [2.75, 3.05) is 20.1 Å². The van der Waals surface area contributed by atoms with Crippen molar-refractivity contribution in [3.63, 3.8) is 0 Å². The van der Waals surface area contributed by atoms with E-state index in [1.807, 2.05) is 13.1 Å². The van der Waals surface area contributed by atoms with E-state index in [4.69, 9.17) is 0 Å². The third-order valence-corrected chi connectivity index (χ3v) is 4.70. The number of halogens is 2. The van der Waals surface area contributed by atoms with Gasteiger partial charge in [0.1, 0.15) is 5.82 Å². The Labute approximate surface area is 144 Å². The number of carbonyl (C=O) groups is 1. The summed E-state index contributed by atoms with van der Waals surface area (Å²) in [6.45, 7) is 1.47. The standard InChI is InChI=1S/C18H27FN2O.ClH/c1-20-12-6-9-17(22)21-14-18(10-3-2-4-11-18)15-7-5-8-16(19)13-15;/h5,7-8,13,20H,2-4,6,9-12,14H2,1H3,(H,21,22);1H. The lowest BCUT2D eigenvalue weighted by Gasteiger charge is -2.38. The molecule has 1 saturated carbocycles. The summed E-state index contributed by atoms with van der Waals surface area (Å²) in [5.41, 5.74) is 0.932. The second-order valence-corrected chi connectivity index (χ2v) is 6.34. The highest BCUT2D eigenvalue weighted by Gasteiger charge is 2.34. The molecule has 0 aromatic heterocycles. The van der Waals surface area contributed by atoms with E-state index in [0.29, 0.717) is 13.0 Å². The second kappa shape index (κ2) is 9.89. The van der Waals surface area contributed by atoms with Gasteiger partial charge in [-0.3, -0.25) is 4.79 Å².